The third-order valence-corrected chi connectivity index (χ3v) is 13.2. The lowest BCUT2D eigenvalue weighted by atomic mass is 9.77. The van der Waals surface area contributed by atoms with Gasteiger partial charge in [0.2, 0.25) is 5.91 Å². The van der Waals surface area contributed by atoms with Crippen LogP contribution in [0.2, 0.25) is 18.1 Å². The summed E-state index contributed by atoms with van der Waals surface area (Å²) in [6.07, 6.45) is -4.85. The first-order valence-corrected chi connectivity index (χ1v) is 15.6. The zero-order valence-corrected chi connectivity index (χ0v) is 23.6. The first kappa shape index (κ1) is 29.1. The number of rotatable bonds is 10. The van der Waals surface area contributed by atoms with Crippen molar-refractivity contribution in [1.29, 1.82) is 0 Å². The van der Waals surface area contributed by atoms with E-state index in [4.69, 9.17) is 8.95 Å². The Bertz CT molecular complexity index is 906. The van der Waals surface area contributed by atoms with E-state index in [9.17, 15) is 27.6 Å². The molecule has 0 radical (unpaired) electrons. The maximum Gasteiger partial charge on any atom is 0.471 e. The highest BCUT2D eigenvalue weighted by molar-refractivity contribution is 7.10. The molecule has 204 valence electrons. The van der Waals surface area contributed by atoms with E-state index in [0.717, 1.165) is 23.7 Å². The number of carbonyl (C=O) groups excluding carboxylic acids is 3. The summed E-state index contributed by atoms with van der Waals surface area (Å²) >= 11 is 0. The molecule has 3 aliphatic rings. The molecule has 0 aromatic rings. The number of likely N-dealkylation sites (tertiary alicyclic amines) is 1. The fourth-order valence-corrected chi connectivity index (χ4v) is 9.00. The Morgan fingerprint density at radius 1 is 1.22 bits per heavy atom. The second-order valence-electron chi connectivity index (χ2n) is 10.1. The van der Waals surface area contributed by atoms with Gasteiger partial charge in [-0.2, -0.15) is 13.2 Å². The summed E-state index contributed by atoms with van der Waals surface area (Å²) < 4.78 is 49.4. The molecule has 2 unspecified atom stereocenters. The SMILES string of the molecule is CC[Si](CC)(CC)O[C@H](C)C1C(=O)N2C(C(=O)OP)=C(CN3CC[C@H](NC(=O)C(F)(F)F)C3)[C@H](C)[C@H]12. The Morgan fingerprint density at radius 2 is 1.83 bits per heavy atom. The quantitative estimate of drug-likeness (QED) is 0.255. The van der Waals surface area contributed by atoms with Crippen molar-refractivity contribution in [3.05, 3.63) is 11.3 Å². The van der Waals surface area contributed by atoms with Gasteiger partial charge in [-0.1, -0.05) is 27.7 Å². The van der Waals surface area contributed by atoms with E-state index in [0.29, 0.717) is 19.5 Å². The van der Waals surface area contributed by atoms with Crippen molar-refractivity contribution in [2.75, 3.05) is 19.6 Å². The highest BCUT2D eigenvalue weighted by atomic mass is 31.0. The normalized spacial score (nSPS) is 27.7. The second kappa shape index (κ2) is 11.1. The molecule has 0 aliphatic carbocycles. The number of nitrogens with zero attached hydrogens (tertiary/aromatic N) is 2. The van der Waals surface area contributed by atoms with Crippen LogP contribution in [0.25, 0.3) is 0 Å². The van der Waals surface area contributed by atoms with Gasteiger partial charge in [0.05, 0.1) is 27.5 Å². The van der Waals surface area contributed by atoms with Gasteiger partial charge in [0.15, 0.2) is 8.32 Å². The van der Waals surface area contributed by atoms with Gasteiger partial charge in [0.25, 0.3) is 0 Å². The first-order valence-electron chi connectivity index (χ1n) is 12.6. The number of fused-ring (bicyclic) bond motifs is 1. The molecule has 8 nitrogen and oxygen atoms in total. The number of nitrogens with one attached hydrogen (secondary N) is 1. The molecule has 6 atom stereocenters. The van der Waals surface area contributed by atoms with Gasteiger partial charge in [-0.05, 0) is 37.0 Å². The van der Waals surface area contributed by atoms with E-state index in [1.54, 1.807) is 0 Å². The van der Waals surface area contributed by atoms with Crippen molar-refractivity contribution in [1.82, 2.24) is 15.1 Å². The fourth-order valence-electron chi connectivity index (χ4n) is 5.95. The van der Waals surface area contributed by atoms with E-state index < -0.39 is 32.4 Å². The number of amides is 2. The Hall–Kier alpha value is -1.49. The van der Waals surface area contributed by atoms with Crippen molar-refractivity contribution in [3.63, 3.8) is 0 Å². The van der Waals surface area contributed by atoms with Gasteiger partial charge in [-0.15, -0.1) is 0 Å². The van der Waals surface area contributed by atoms with Gasteiger partial charge in [0.1, 0.15) is 5.70 Å². The molecule has 0 aromatic heterocycles. The lowest BCUT2D eigenvalue weighted by Crippen LogP contribution is -2.65. The minimum atomic E-state index is -4.93. The highest BCUT2D eigenvalue weighted by Gasteiger charge is 2.61. The molecule has 2 amide bonds. The van der Waals surface area contributed by atoms with Crippen LogP contribution in [0.1, 0.15) is 41.0 Å². The van der Waals surface area contributed by atoms with Crippen LogP contribution in [-0.4, -0.2) is 79.9 Å². The molecular formula is C23H37F3N3O5PSi. The molecule has 36 heavy (non-hydrogen) atoms. The summed E-state index contributed by atoms with van der Waals surface area (Å²) in [6, 6.07) is 2.02. The Kier molecular flexibility index (Phi) is 8.95. The topological polar surface area (TPSA) is 88.2 Å². The minimum absolute atomic E-state index is 0.150. The predicted octanol–water partition coefficient (Wildman–Crippen LogP) is 3.21. The van der Waals surface area contributed by atoms with Crippen LogP contribution in [0, 0.1) is 11.8 Å². The second-order valence-corrected chi connectivity index (χ2v) is 15.0. The predicted molar refractivity (Wildman–Crippen MR) is 133 cm³/mol. The molecule has 3 rings (SSSR count). The summed E-state index contributed by atoms with van der Waals surface area (Å²) in [5.41, 5.74) is 0.937. The zero-order valence-electron chi connectivity index (χ0n) is 21.5. The molecule has 0 spiro atoms. The largest absolute Gasteiger partial charge is 0.471 e. The van der Waals surface area contributed by atoms with E-state index in [1.165, 1.54) is 4.90 Å². The van der Waals surface area contributed by atoms with E-state index in [-0.39, 0.29) is 42.1 Å². The maximum absolute atomic E-state index is 13.3. The third kappa shape index (κ3) is 5.37. The average molecular weight is 552 g/mol. The van der Waals surface area contributed by atoms with Crippen molar-refractivity contribution in [3.8, 4) is 0 Å². The van der Waals surface area contributed by atoms with Gasteiger partial charge in [0, 0.05) is 31.6 Å². The van der Waals surface area contributed by atoms with Crippen molar-refractivity contribution < 1.29 is 36.5 Å². The van der Waals surface area contributed by atoms with Gasteiger partial charge >= 0.3 is 18.1 Å². The van der Waals surface area contributed by atoms with Crippen LogP contribution < -0.4 is 5.32 Å². The van der Waals surface area contributed by atoms with E-state index in [1.807, 2.05) is 33.5 Å². The van der Waals surface area contributed by atoms with E-state index in [2.05, 4.69) is 20.8 Å². The molecule has 1 N–H and O–H groups in total. The summed E-state index contributed by atoms with van der Waals surface area (Å²) in [6.45, 7) is 11.3. The Labute approximate surface area is 213 Å². The molecule has 3 heterocycles. The van der Waals surface area contributed by atoms with Gasteiger partial charge < -0.3 is 19.2 Å². The van der Waals surface area contributed by atoms with Crippen LogP contribution in [0.3, 0.4) is 0 Å². The molecule has 0 aromatic carbocycles. The first-order chi connectivity index (χ1) is 16.8. The van der Waals surface area contributed by atoms with Gasteiger partial charge in [-0.25, -0.2) is 4.79 Å². The van der Waals surface area contributed by atoms with E-state index >= 15 is 0 Å². The summed E-state index contributed by atoms with van der Waals surface area (Å²) in [5.74, 6) is -3.28. The fraction of sp³-hybridized carbons (Fsp3) is 0.783. The number of hydrogen-bond acceptors (Lipinski definition) is 6. The molecule has 0 saturated carbocycles. The van der Waals surface area contributed by atoms with Crippen LogP contribution >= 0.6 is 9.47 Å². The molecule has 2 fully saturated rings. The third-order valence-electron chi connectivity index (χ3n) is 8.23. The number of β-lactam (4-membered cyclic amide) rings is 1. The monoisotopic (exact) mass is 551 g/mol. The Balaban J connectivity index is 1.76. The Morgan fingerprint density at radius 3 is 2.36 bits per heavy atom. The molecule has 2 saturated heterocycles. The summed E-state index contributed by atoms with van der Waals surface area (Å²) in [4.78, 5) is 40.8. The summed E-state index contributed by atoms with van der Waals surface area (Å²) in [7, 11) is -0.0322. The zero-order chi connectivity index (χ0) is 27.0. The van der Waals surface area contributed by atoms with Crippen LogP contribution in [0.5, 0.6) is 0 Å². The highest BCUT2D eigenvalue weighted by Crippen LogP contribution is 2.49. The number of hydrogen-bond donors (Lipinski definition) is 1. The summed E-state index contributed by atoms with van der Waals surface area (Å²) in [5, 5.41) is 2.03. The molecule has 13 heteroatoms. The average Bonchev–Trinajstić information content (AvgIpc) is 3.37. The molecular weight excluding hydrogens is 514 g/mol. The lowest BCUT2D eigenvalue weighted by molar-refractivity contribution is -0.174. The standard InChI is InChI=1S/C23H37F3N3O5PSi/c1-6-36(7-2,8-3)34-14(5)17-18-13(4)16(19(21(31)33-35)29(18)20(17)30)12-28-10-9-15(11-28)27-22(32)23(24,25)26/h13-15,17-18H,6-12,35H2,1-5H3,(H,27,32)/t13-,14+,15-,17?,18+/m0/s1. The minimum Gasteiger partial charge on any atom is -0.447 e. The van der Waals surface area contributed by atoms with Crippen LogP contribution in [0.4, 0.5) is 13.2 Å². The van der Waals surface area contributed by atoms with Crippen molar-refractivity contribution >= 4 is 35.6 Å². The number of halogens is 3. The van der Waals surface area contributed by atoms with Gasteiger partial charge in [-0.3, -0.25) is 14.5 Å². The van der Waals surface area contributed by atoms with Crippen LogP contribution in [-0.2, 0) is 23.3 Å². The number of alkyl halides is 3. The lowest BCUT2D eigenvalue weighted by Gasteiger charge is -2.49. The van der Waals surface area contributed by atoms with Crippen molar-refractivity contribution in [2.24, 2.45) is 11.8 Å². The maximum atomic E-state index is 13.3. The molecule has 0 bridgehead atoms. The van der Waals surface area contributed by atoms with Crippen LogP contribution in [0.15, 0.2) is 11.3 Å². The number of carbonyl (C=O) groups is 3. The molecule has 3 aliphatic heterocycles. The van der Waals surface area contributed by atoms with Crippen molar-refractivity contribution in [2.45, 2.75) is 83.5 Å². The smallest absolute Gasteiger partial charge is 0.447 e.